The van der Waals surface area contributed by atoms with Gasteiger partial charge in [-0.25, -0.2) is 0 Å². The third-order valence-corrected chi connectivity index (χ3v) is 2.57. The zero-order valence-corrected chi connectivity index (χ0v) is 7.02. The van der Waals surface area contributed by atoms with Crippen LogP contribution in [0.25, 0.3) is 0 Å². The summed E-state index contributed by atoms with van der Waals surface area (Å²) in [5.41, 5.74) is 5.98. The number of carbonyl (C=O) groups excluding carboxylic acids is 1. The van der Waals surface area contributed by atoms with Gasteiger partial charge in [0.1, 0.15) is 0 Å². The zero-order chi connectivity index (χ0) is 8.48. The fraction of sp³-hybridized carbons (Fsp3) is 0.667. The fourth-order valence-electron chi connectivity index (χ4n) is 1.58. The molecule has 0 saturated heterocycles. The zero-order valence-electron chi connectivity index (χ0n) is 7.02. The Kier molecular flexibility index (Phi) is 2.14. The van der Waals surface area contributed by atoms with Gasteiger partial charge in [0.25, 0.3) is 0 Å². The van der Waals surface area contributed by atoms with Crippen LogP contribution in [0.4, 0.5) is 0 Å². The summed E-state index contributed by atoms with van der Waals surface area (Å²) in [6.07, 6.45) is 3.04. The van der Waals surface area contributed by atoms with Gasteiger partial charge in [-0.05, 0) is 25.3 Å². The number of hydrogen-bond donors (Lipinski definition) is 1. The van der Waals surface area contributed by atoms with E-state index in [2.05, 4.69) is 6.58 Å². The molecule has 1 aliphatic carbocycles. The molecule has 0 amide bonds. The summed E-state index contributed by atoms with van der Waals surface area (Å²) in [5.74, 6) is 0.172. The smallest absolute Gasteiger partial charge is 0.165 e. The van der Waals surface area contributed by atoms with E-state index in [-0.39, 0.29) is 11.2 Å². The molecule has 1 fully saturated rings. The van der Waals surface area contributed by atoms with Crippen molar-refractivity contribution < 1.29 is 4.79 Å². The van der Waals surface area contributed by atoms with Crippen LogP contribution < -0.4 is 5.73 Å². The van der Waals surface area contributed by atoms with Crippen LogP contribution in [0, 0.1) is 5.41 Å². The van der Waals surface area contributed by atoms with Crippen LogP contribution in [0.1, 0.15) is 26.2 Å². The third kappa shape index (κ3) is 1.23. The molecular formula is C9H15NO. The number of nitrogens with two attached hydrogens (primary N) is 1. The van der Waals surface area contributed by atoms with Gasteiger partial charge in [0, 0.05) is 12.0 Å². The quantitative estimate of drug-likeness (QED) is 0.620. The molecule has 1 saturated carbocycles. The lowest BCUT2D eigenvalue weighted by molar-refractivity contribution is -0.128. The second kappa shape index (κ2) is 2.78. The molecular weight excluding hydrogens is 138 g/mol. The largest absolute Gasteiger partial charge is 0.329 e. The van der Waals surface area contributed by atoms with Crippen molar-refractivity contribution in [3.05, 3.63) is 12.2 Å². The van der Waals surface area contributed by atoms with E-state index in [1.54, 1.807) is 6.92 Å². The van der Waals surface area contributed by atoms with Crippen molar-refractivity contribution in [2.45, 2.75) is 26.2 Å². The van der Waals surface area contributed by atoms with Gasteiger partial charge in [0.15, 0.2) is 5.78 Å². The number of allylic oxidation sites excluding steroid dienone is 1. The van der Waals surface area contributed by atoms with Crippen LogP contribution in [0.3, 0.4) is 0 Å². The van der Waals surface area contributed by atoms with Gasteiger partial charge in [-0.15, -0.1) is 0 Å². The lowest BCUT2D eigenvalue weighted by Gasteiger charge is -2.39. The average Bonchev–Trinajstić information content (AvgIpc) is 1.86. The first kappa shape index (κ1) is 8.47. The van der Waals surface area contributed by atoms with Gasteiger partial charge in [-0.1, -0.05) is 13.0 Å². The van der Waals surface area contributed by atoms with E-state index in [0.717, 1.165) is 19.3 Å². The molecule has 1 rings (SSSR count). The lowest BCUT2D eigenvalue weighted by atomic mass is 9.65. The second-order valence-corrected chi connectivity index (χ2v) is 3.45. The Bertz CT molecular complexity index is 186. The minimum Gasteiger partial charge on any atom is -0.329 e. The molecule has 1 aliphatic rings. The molecule has 2 nitrogen and oxygen atoms in total. The molecule has 2 heteroatoms. The standard InChI is InChI=1S/C9H15NO/c1-7(2)8(11)9(6-10)4-3-5-9/h1,3-6,10H2,2H3. The predicted octanol–water partition coefficient (Wildman–Crippen LogP) is 1.26. The van der Waals surface area contributed by atoms with E-state index in [0.29, 0.717) is 12.1 Å². The van der Waals surface area contributed by atoms with E-state index in [9.17, 15) is 4.79 Å². The maximum absolute atomic E-state index is 11.5. The van der Waals surface area contributed by atoms with Gasteiger partial charge in [-0.3, -0.25) is 4.79 Å². The van der Waals surface area contributed by atoms with Crippen molar-refractivity contribution in [1.29, 1.82) is 0 Å². The Hall–Kier alpha value is -0.630. The number of hydrogen-bond acceptors (Lipinski definition) is 2. The molecule has 2 N–H and O–H groups in total. The first-order chi connectivity index (χ1) is 5.12. The fourth-order valence-corrected chi connectivity index (χ4v) is 1.58. The molecule has 0 heterocycles. The van der Waals surface area contributed by atoms with Crippen molar-refractivity contribution in [1.82, 2.24) is 0 Å². The average molecular weight is 153 g/mol. The first-order valence-electron chi connectivity index (χ1n) is 4.03. The van der Waals surface area contributed by atoms with Crippen LogP contribution in [-0.4, -0.2) is 12.3 Å². The molecule has 0 radical (unpaired) electrons. The molecule has 0 aromatic rings. The van der Waals surface area contributed by atoms with E-state index in [1.807, 2.05) is 0 Å². The number of ketones is 1. The normalized spacial score (nSPS) is 20.5. The summed E-state index contributed by atoms with van der Waals surface area (Å²) in [5, 5.41) is 0. The Morgan fingerprint density at radius 2 is 2.18 bits per heavy atom. The number of carbonyl (C=O) groups is 1. The Labute approximate surface area is 67.5 Å². The highest BCUT2D eigenvalue weighted by molar-refractivity contribution is 5.99. The molecule has 62 valence electrons. The molecule has 0 aliphatic heterocycles. The highest BCUT2D eigenvalue weighted by atomic mass is 16.1. The van der Waals surface area contributed by atoms with Crippen molar-refractivity contribution in [3.8, 4) is 0 Å². The maximum atomic E-state index is 11.5. The highest BCUT2D eigenvalue weighted by Crippen LogP contribution is 2.42. The van der Waals surface area contributed by atoms with Crippen LogP contribution in [0.5, 0.6) is 0 Å². The lowest BCUT2D eigenvalue weighted by Crippen LogP contribution is -2.44. The van der Waals surface area contributed by atoms with Gasteiger partial charge in [-0.2, -0.15) is 0 Å². The van der Waals surface area contributed by atoms with Crippen LogP contribution in [0.2, 0.25) is 0 Å². The monoisotopic (exact) mass is 153 g/mol. The summed E-state index contributed by atoms with van der Waals surface area (Å²) in [6.45, 7) is 5.89. The van der Waals surface area contributed by atoms with Gasteiger partial charge in [0.05, 0.1) is 0 Å². The minimum atomic E-state index is -0.216. The van der Waals surface area contributed by atoms with E-state index in [4.69, 9.17) is 5.73 Å². The first-order valence-corrected chi connectivity index (χ1v) is 4.03. The van der Waals surface area contributed by atoms with Gasteiger partial charge < -0.3 is 5.73 Å². The number of rotatable bonds is 3. The topological polar surface area (TPSA) is 43.1 Å². The minimum absolute atomic E-state index is 0.172. The Morgan fingerprint density at radius 1 is 1.64 bits per heavy atom. The second-order valence-electron chi connectivity index (χ2n) is 3.45. The summed E-state index contributed by atoms with van der Waals surface area (Å²) in [6, 6.07) is 0. The van der Waals surface area contributed by atoms with E-state index < -0.39 is 0 Å². The molecule has 0 unspecified atom stereocenters. The highest BCUT2D eigenvalue weighted by Gasteiger charge is 2.42. The van der Waals surface area contributed by atoms with Crippen LogP contribution in [-0.2, 0) is 4.79 Å². The molecule has 0 aromatic carbocycles. The van der Waals surface area contributed by atoms with Crippen molar-refractivity contribution in [2.24, 2.45) is 11.1 Å². The molecule has 0 spiro atoms. The molecule has 0 atom stereocenters. The summed E-state index contributed by atoms with van der Waals surface area (Å²) < 4.78 is 0. The van der Waals surface area contributed by atoms with Crippen molar-refractivity contribution in [2.75, 3.05) is 6.54 Å². The summed E-state index contributed by atoms with van der Waals surface area (Å²) in [4.78, 5) is 11.5. The maximum Gasteiger partial charge on any atom is 0.165 e. The molecule has 0 bridgehead atoms. The summed E-state index contributed by atoms with van der Waals surface area (Å²) >= 11 is 0. The van der Waals surface area contributed by atoms with E-state index in [1.165, 1.54) is 0 Å². The molecule has 0 aromatic heterocycles. The predicted molar refractivity (Wildman–Crippen MR) is 45.2 cm³/mol. The van der Waals surface area contributed by atoms with Gasteiger partial charge in [0.2, 0.25) is 0 Å². The third-order valence-electron chi connectivity index (χ3n) is 2.57. The Balaban J connectivity index is 2.70. The summed E-state index contributed by atoms with van der Waals surface area (Å²) in [7, 11) is 0. The van der Waals surface area contributed by atoms with E-state index >= 15 is 0 Å². The van der Waals surface area contributed by atoms with Gasteiger partial charge >= 0.3 is 0 Å². The van der Waals surface area contributed by atoms with Crippen molar-refractivity contribution >= 4 is 5.78 Å². The van der Waals surface area contributed by atoms with Crippen molar-refractivity contribution in [3.63, 3.8) is 0 Å². The van der Waals surface area contributed by atoms with Crippen LogP contribution in [0.15, 0.2) is 12.2 Å². The van der Waals surface area contributed by atoms with Crippen LogP contribution >= 0.6 is 0 Å². The molecule has 11 heavy (non-hydrogen) atoms. The SMILES string of the molecule is C=C(C)C(=O)C1(CN)CCC1. The Morgan fingerprint density at radius 3 is 2.27 bits per heavy atom. The number of Topliss-reactive ketones (excluding diaryl/α,β-unsaturated/α-hetero) is 1.